The van der Waals surface area contributed by atoms with E-state index < -0.39 is 5.60 Å². The van der Waals surface area contributed by atoms with Crippen LogP contribution in [0.5, 0.6) is 0 Å². The third-order valence-electron chi connectivity index (χ3n) is 3.92. The Morgan fingerprint density at radius 1 is 1.25 bits per heavy atom. The molecule has 0 aromatic heterocycles. The fourth-order valence-corrected chi connectivity index (χ4v) is 2.94. The highest BCUT2D eigenvalue weighted by Crippen LogP contribution is 2.29. The van der Waals surface area contributed by atoms with Gasteiger partial charge in [-0.25, -0.2) is 4.79 Å². The van der Waals surface area contributed by atoms with Crippen molar-refractivity contribution in [3.05, 3.63) is 34.3 Å². The number of rotatable bonds is 1. The van der Waals surface area contributed by atoms with E-state index in [1.807, 2.05) is 29.2 Å². The van der Waals surface area contributed by atoms with Gasteiger partial charge >= 0.3 is 6.09 Å². The zero-order valence-electron chi connectivity index (χ0n) is 10.9. The number of nitrogens with zero attached hydrogens (tertiary/aromatic N) is 1. The molecule has 1 spiro atoms. The van der Waals surface area contributed by atoms with Crippen LogP contribution in [0.25, 0.3) is 0 Å². The van der Waals surface area contributed by atoms with E-state index in [1.54, 1.807) is 0 Å². The lowest BCUT2D eigenvalue weighted by Crippen LogP contribution is -2.48. The normalized spacial score (nSPS) is 20.6. The van der Waals surface area contributed by atoms with Crippen LogP contribution in [0.1, 0.15) is 23.2 Å². The Morgan fingerprint density at radius 3 is 2.45 bits per heavy atom. The molecule has 0 bridgehead atoms. The summed E-state index contributed by atoms with van der Waals surface area (Å²) in [6.07, 6.45) is 1.03. The number of alkyl carbamates (subject to hydrolysis) is 1. The van der Waals surface area contributed by atoms with Gasteiger partial charge in [-0.2, -0.15) is 0 Å². The molecule has 2 aliphatic heterocycles. The highest BCUT2D eigenvalue weighted by molar-refractivity contribution is 9.10. The Kier molecular flexibility index (Phi) is 3.41. The number of benzene rings is 1. The number of carbonyl (C=O) groups excluding carboxylic acids is 2. The van der Waals surface area contributed by atoms with E-state index in [0.29, 0.717) is 38.0 Å². The van der Waals surface area contributed by atoms with Gasteiger partial charge in [0.2, 0.25) is 0 Å². The molecule has 106 valence electrons. The Bertz CT molecular complexity index is 536. The second-order valence-corrected chi connectivity index (χ2v) is 6.14. The summed E-state index contributed by atoms with van der Waals surface area (Å²) in [6, 6.07) is 7.35. The van der Waals surface area contributed by atoms with Gasteiger partial charge in [-0.05, 0) is 24.3 Å². The number of halogens is 1. The van der Waals surface area contributed by atoms with Crippen molar-refractivity contribution in [2.24, 2.45) is 0 Å². The largest absolute Gasteiger partial charge is 0.441 e. The molecule has 1 aromatic rings. The van der Waals surface area contributed by atoms with Crippen molar-refractivity contribution in [3.63, 3.8) is 0 Å². The third-order valence-corrected chi connectivity index (χ3v) is 4.45. The number of piperidine rings is 1. The van der Waals surface area contributed by atoms with Gasteiger partial charge in [0.25, 0.3) is 5.91 Å². The number of hydrogen-bond donors (Lipinski definition) is 1. The second-order valence-electron chi connectivity index (χ2n) is 5.23. The van der Waals surface area contributed by atoms with Crippen molar-refractivity contribution in [2.75, 3.05) is 19.6 Å². The minimum absolute atomic E-state index is 0.0321. The molecule has 0 aliphatic carbocycles. The predicted octanol–water partition coefficient (Wildman–Crippen LogP) is 2.16. The minimum atomic E-state index is -0.409. The second kappa shape index (κ2) is 5.09. The third kappa shape index (κ3) is 2.52. The molecule has 2 heterocycles. The topological polar surface area (TPSA) is 58.6 Å². The lowest BCUT2D eigenvalue weighted by atomic mass is 9.91. The summed E-state index contributed by atoms with van der Waals surface area (Å²) in [6.45, 7) is 1.78. The maximum absolute atomic E-state index is 12.4. The molecule has 3 rings (SSSR count). The first-order valence-electron chi connectivity index (χ1n) is 6.60. The molecular formula is C14H15BrN2O3. The van der Waals surface area contributed by atoms with Gasteiger partial charge in [0.1, 0.15) is 5.60 Å². The van der Waals surface area contributed by atoms with Crippen LogP contribution in [0.4, 0.5) is 4.79 Å². The predicted molar refractivity (Wildman–Crippen MR) is 76.5 cm³/mol. The maximum Gasteiger partial charge on any atom is 0.407 e. The van der Waals surface area contributed by atoms with E-state index in [2.05, 4.69) is 21.2 Å². The van der Waals surface area contributed by atoms with Gasteiger partial charge in [-0.1, -0.05) is 15.9 Å². The molecule has 2 saturated heterocycles. The van der Waals surface area contributed by atoms with Crippen molar-refractivity contribution in [3.8, 4) is 0 Å². The summed E-state index contributed by atoms with van der Waals surface area (Å²) in [5.74, 6) is 0.0321. The standard InChI is InChI=1S/C14H15BrN2O3/c15-11-3-1-10(2-4-11)12(18)17-7-5-14(6-8-17)9-16-13(19)20-14/h1-4H,5-9H2,(H,16,19). The van der Waals surface area contributed by atoms with Gasteiger partial charge in [0.15, 0.2) is 0 Å². The molecule has 2 amide bonds. The van der Waals surface area contributed by atoms with Crippen LogP contribution in [0.2, 0.25) is 0 Å². The molecule has 2 fully saturated rings. The van der Waals surface area contributed by atoms with E-state index in [-0.39, 0.29) is 12.0 Å². The summed E-state index contributed by atoms with van der Waals surface area (Å²) in [5.41, 5.74) is 0.277. The first-order valence-corrected chi connectivity index (χ1v) is 7.39. The molecule has 0 radical (unpaired) electrons. The number of carbonyl (C=O) groups is 2. The van der Waals surface area contributed by atoms with Crippen molar-refractivity contribution in [1.29, 1.82) is 0 Å². The van der Waals surface area contributed by atoms with Crippen LogP contribution < -0.4 is 5.32 Å². The van der Waals surface area contributed by atoms with Crippen LogP contribution >= 0.6 is 15.9 Å². The van der Waals surface area contributed by atoms with E-state index in [1.165, 1.54) is 0 Å². The first-order chi connectivity index (χ1) is 9.58. The van der Waals surface area contributed by atoms with Gasteiger partial charge in [-0.15, -0.1) is 0 Å². The zero-order chi connectivity index (χ0) is 14.2. The van der Waals surface area contributed by atoms with Crippen LogP contribution in [0.15, 0.2) is 28.7 Å². The summed E-state index contributed by atoms with van der Waals surface area (Å²) < 4.78 is 6.30. The Morgan fingerprint density at radius 2 is 1.90 bits per heavy atom. The van der Waals surface area contributed by atoms with Gasteiger partial charge in [-0.3, -0.25) is 4.79 Å². The average molecular weight is 339 g/mol. The molecule has 0 saturated carbocycles. The number of hydrogen-bond acceptors (Lipinski definition) is 3. The molecule has 5 nitrogen and oxygen atoms in total. The molecule has 2 aliphatic rings. The highest BCUT2D eigenvalue weighted by Gasteiger charge is 2.43. The Balaban J connectivity index is 1.64. The fourth-order valence-electron chi connectivity index (χ4n) is 2.67. The van der Waals surface area contributed by atoms with Crippen molar-refractivity contribution >= 4 is 27.9 Å². The fraction of sp³-hybridized carbons (Fsp3) is 0.429. The molecule has 1 aromatic carbocycles. The quantitative estimate of drug-likeness (QED) is 0.853. The summed E-state index contributed by atoms with van der Waals surface area (Å²) >= 11 is 3.36. The van der Waals surface area contributed by atoms with Crippen LogP contribution in [0.3, 0.4) is 0 Å². The Labute approximate surface area is 125 Å². The van der Waals surface area contributed by atoms with E-state index in [4.69, 9.17) is 4.74 Å². The number of ether oxygens (including phenoxy) is 1. The monoisotopic (exact) mass is 338 g/mol. The molecule has 0 unspecified atom stereocenters. The SMILES string of the molecule is O=C1NCC2(CCN(C(=O)c3ccc(Br)cc3)CC2)O1. The van der Waals surface area contributed by atoms with Gasteiger partial charge in [0, 0.05) is 36.0 Å². The average Bonchev–Trinajstić information content (AvgIpc) is 2.81. The lowest BCUT2D eigenvalue weighted by Gasteiger charge is -2.37. The number of amides is 2. The van der Waals surface area contributed by atoms with Gasteiger partial charge < -0.3 is 15.0 Å². The molecule has 0 atom stereocenters. The van der Waals surface area contributed by atoms with E-state index in [9.17, 15) is 9.59 Å². The van der Waals surface area contributed by atoms with E-state index >= 15 is 0 Å². The van der Waals surface area contributed by atoms with Crippen LogP contribution in [-0.2, 0) is 4.74 Å². The molecule has 1 N–H and O–H groups in total. The summed E-state index contributed by atoms with van der Waals surface area (Å²) in [4.78, 5) is 25.4. The van der Waals surface area contributed by atoms with Crippen LogP contribution in [-0.4, -0.2) is 42.1 Å². The minimum Gasteiger partial charge on any atom is -0.441 e. The Hall–Kier alpha value is -1.56. The smallest absolute Gasteiger partial charge is 0.407 e. The zero-order valence-corrected chi connectivity index (χ0v) is 12.5. The number of nitrogens with one attached hydrogen (secondary N) is 1. The molecule has 20 heavy (non-hydrogen) atoms. The number of likely N-dealkylation sites (tertiary alicyclic amines) is 1. The summed E-state index contributed by atoms with van der Waals surface area (Å²) in [7, 11) is 0. The van der Waals surface area contributed by atoms with Crippen molar-refractivity contribution in [2.45, 2.75) is 18.4 Å². The van der Waals surface area contributed by atoms with Crippen molar-refractivity contribution in [1.82, 2.24) is 10.2 Å². The highest BCUT2D eigenvalue weighted by atomic mass is 79.9. The van der Waals surface area contributed by atoms with Crippen molar-refractivity contribution < 1.29 is 14.3 Å². The van der Waals surface area contributed by atoms with Crippen LogP contribution in [0, 0.1) is 0 Å². The summed E-state index contributed by atoms with van der Waals surface area (Å²) in [5, 5.41) is 2.69. The molecule has 6 heteroatoms. The van der Waals surface area contributed by atoms with Gasteiger partial charge in [0.05, 0.1) is 6.54 Å². The van der Waals surface area contributed by atoms with E-state index in [0.717, 1.165) is 4.47 Å². The first kappa shape index (κ1) is 13.4. The maximum atomic E-state index is 12.4. The lowest BCUT2D eigenvalue weighted by molar-refractivity contribution is 0.00331. The molecular weight excluding hydrogens is 324 g/mol.